The Morgan fingerprint density at radius 3 is 2.48 bits per heavy atom. The first-order valence-corrected chi connectivity index (χ1v) is 9.38. The number of aryl methyl sites for hydroxylation is 1. The summed E-state index contributed by atoms with van der Waals surface area (Å²) in [6, 6.07) is 12.3. The smallest absolute Gasteiger partial charge is 0.162 e. The maximum absolute atomic E-state index is 8.85. The van der Waals surface area contributed by atoms with Crippen molar-refractivity contribution in [2.45, 2.75) is 33.4 Å². The molecule has 0 atom stereocenters. The lowest BCUT2D eigenvalue weighted by Crippen LogP contribution is -2.16. The van der Waals surface area contributed by atoms with Gasteiger partial charge < -0.3 is 19.9 Å². The first kappa shape index (κ1) is 19.8. The highest BCUT2D eigenvalue weighted by Crippen LogP contribution is 2.34. The van der Waals surface area contributed by atoms with Crippen molar-refractivity contribution in [3.63, 3.8) is 0 Å². The summed E-state index contributed by atoms with van der Waals surface area (Å²) in [5.41, 5.74) is 3.46. The molecule has 0 saturated carbocycles. The van der Waals surface area contributed by atoms with Crippen molar-refractivity contribution in [2.24, 2.45) is 0 Å². The monoisotopic (exact) mass is 407 g/mol. The molecule has 0 aliphatic heterocycles. The fraction of sp³-hybridized carbons (Fsp3) is 0.400. The molecule has 0 radical (unpaired) electrons. The molecule has 0 heterocycles. The highest BCUT2D eigenvalue weighted by Gasteiger charge is 2.11. The Morgan fingerprint density at radius 1 is 1.08 bits per heavy atom. The van der Waals surface area contributed by atoms with Crippen molar-refractivity contribution in [2.75, 3.05) is 19.8 Å². The fourth-order valence-electron chi connectivity index (χ4n) is 2.37. The van der Waals surface area contributed by atoms with Crippen molar-refractivity contribution in [1.29, 1.82) is 0 Å². The van der Waals surface area contributed by atoms with Gasteiger partial charge in [0.25, 0.3) is 0 Å². The summed E-state index contributed by atoms with van der Waals surface area (Å²) >= 11 is 3.61. The lowest BCUT2D eigenvalue weighted by Gasteiger charge is -2.15. The predicted octanol–water partition coefficient (Wildman–Crippen LogP) is 4.21. The van der Waals surface area contributed by atoms with E-state index in [0.717, 1.165) is 40.1 Å². The van der Waals surface area contributed by atoms with E-state index >= 15 is 0 Å². The van der Waals surface area contributed by atoms with Crippen LogP contribution in [-0.2, 0) is 13.2 Å². The minimum absolute atomic E-state index is 0.199. The summed E-state index contributed by atoms with van der Waals surface area (Å²) in [7, 11) is 0. The normalized spacial score (nSPS) is 10.7. The van der Waals surface area contributed by atoms with Crippen molar-refractivity contribution in [1.82, 2.24) is 5.32 Å². The third kappa shape index (κ3) is 6.34. The quantitative estimate of drug-likeness (QED) is 0.579. The van der Waals surface area contributed by atoms with Crippen LogP contribution in [-0.4, -0.2) is 24.9 Å². The van der Waals surface area contributed by atoms with Crippen LogP contribution in [0.2, 0.25) is 0 Å². The van der Waals surface area contributed by atoms with Crippen LogP contribution in [0.5, 0.6) is 11.5 Å². The third-order valence-electron chi connectivity index (χ3n) is 3.75. The molecular formula is C20H26BrNO3. The zero-order valence-electron chi connectivity index (χ0n) is 14.8. The van der Waals surface area contributed by atoms with E-state index < -0.39 is 0 Å². The second kappa shape index (κ2) is 10.4. The molecule has 0 bridgehead atoms. The van der Waals surface area contributed by atoms with E-state index in [1.807, 2.05) is 19.1 Å². The fourth-order valence-corrected chi connectivity index (χ4v) is 2.83. The number of aliphatic hydroxyl groups is 1. The molecule has 0 aliphatic rings. The van der Waals surface area contributed by atoms with Gasteiger partial charge in [0.15, 0.2) is 11.5 Å². The maximum Gasteiger partial charge on any atom is 0.162 e. The number of aliphatic hydroxyl groups excluding tert-OH is 1. The molecule has 0 saturated heterocycles. The highest BCUT2D eigenvalue weighted by atomic mass is 79.9. The molecule has 0 spiro atoms. The van der Waals surface area contributed by atoms with Gasteiger partial charge in [0.1, 0.15) is 6.61 Å². The van der Waals surface area contributed by atoms with Crippen LogP contribution in [0.25, 0.3) is 0 Å². The Hall–Kier alpha value is -1.56. The highest BCUT2D eigenvalue weighted by molar-refractivity contribution is 9.10. The number of halogens is 1. The molecule has 0 unspecified atom stereocenters. The molecule has 0 fully saturated rings. The number of rotatable bonds is 10. The maximum atomic E-state index is 8.85. The third-order valence-corrected chi connectivity index (χ3v) is 4.49. The topological polar surface area (TPSA) is 50.7 Å². The summed E-state index contributed by atoms with van der Waals surface area (Å²) in [6.45, 7) is 6.80. The van der Waals surface area contributed by atoms with Crippen LogP contribution in [0.3, 0.4) is 0 Å². The molecule has 5 heteroatoms. The molecule has 25 heavy (non-hydrogen) atoms. The standard InChI is InChI=1S/C20H26BrNO3/c1-3-24-19-11-17(13-22-9-4-10-23)18(21)12-20(19)25-14-16-7-5-15(2)6-8-16/h5-8,11-12,22-23H,3-4,9-10,13-14H2,1-2H3. The molecule has 0 aromatic heterocycles. The number of benzene rings is 2. The van der Waals surface area contributed by atoms with Gasteiger partial charge in [-0.2, -0.15) is 0 Å². The van der Waals surface area contributed by atoms with Gasteiger partial charge in [-0.3, -0.25) is 0 Å². The van der Waals surface area contributed by atoms with Gasteiger partial charge in [-0.1, -0.05) is 45.8 Å². The van der Waals surface area contributed by atoms with Gasteiger partial charge in [-0.15, -0.1) is 0 Å². The molecule has 0 amide bonds. The van der Waals surface area contributed by atoms with E-state index in [1.165, 1.54) is 5.56 Å². The largest absolute Gasteiger partial charge is 0.490 e. The van der Waals surface area contributed by atoms with Crippen molar-refractivity contribution in [3.05, 3.63) is 57.6 Å². The molecule has 136 valence electrons. The van der Waals surface area contributed by atoms with E-state index in [2.05, 4.69) is 52.4 Å². The Morgan fingerprint density at radius 2 is 1.80 bits per heavy atom. The van der Waals surface area contributed by atoms with Gasteiger partial charge in [0, 0.05) is 17.6 Å². The molecule has 2 aromatic carbocycles. The van der Waals surface area contributed by atoms with Crippen LogP contribution in [0.4, 0.5) is 0 Å². The molecule has 2 aromatic rings. The van der Waals surface area contributed by atoms with Crippen molar-refractivity contribution < 1.29 is 14.6 Å². The summed E-state index contributed by atoms with van der Waals surface area (Å²) in [6.07, 6.45) is 0.744. The lowest BCUT2D eigenvalue weighted by atomic mass is 10.1. The SMILES string of the molecule is CCOc1cc(CNCCCO)c(Br)cc1OCc1ccc(C)cc1. The van der Waals surface area contributed by atoms with E-state index in [4.69, 9.17) is 14.6 Å². The van der Waals surface area contributed by atoms with Crippen LogP contribution in [0.15, 0.2) is 40.9 Å². The Bertz CT molecular complexity index is 659. The molecular weight excluding hydrogens is 382 g/mol. The zero-order valence-corrected chi connectivity index (χ0v) is 16.4. The van der Waals surface area contributed by atoms with Crippen molar-refractivity contribution in [3.8, 4) is 11.5 Å². The lowest BCUT2D eigenvalue weighted by molar-refractivity contribution is 0.268. The summed E-state index contributed by atoms with van der Waals surface area (Å²) in [4.78, 5) is 0. The van der Waals surface area contributed by atoms with E-state index in [0.29, 0.717) is 19.8 Å². The van der Waals surface area contributed by atoms with Gasteiger partial charge in [0.05, 0.1) is 6.61 Å². The van der Waals surface area contributed by atoms with Crippen LogP contribution in [0, 0.1) is 6.92 Å². The average Bonchev–Trinajstić information content (AvgIpc) is 2.61. The minimum atomic E-state index is 0.199. The van der Waals surface area contributed by atoms with Crippen LogP contribution < -0.4 is 14.8 Å². The average molecular weight is 408 g/mol. The number of ether oxygens (including phenoxy) is 2. The minimum Gasteiger partial charge on any atom is -0.490 e. The van der Waals surface area contributed by atoms with Gasteiger partial charge in [-0.05, 0) is 50.1 Å². The first-order valence-electron chi connectivity index (χ1n) is 8.59. The van der Waals surface area contributed by atoms with Gasteiger partial charge in [0.2, 0.25) is 0 Å². The van der Waals surface area contributed by atoms with E-state index in [1.54, 1.807) is 0 Å². The summed E-state index contributed by atoms with van der Waals surface area (Å²) < 4.78 is 12.7. The predicted molar refractivity (Wildman–Crippen MR) is 104 cm³/mol. The summed E-state index contributed by atoms with van der Waals surface area (Å²) in [5, 5.41) is 12.2. The second-order valence-electron chi connectivity index (χ2n) is 5.85. The molecule has 2 rings (SSSR count). The van der Waals surface area contributed by atoms with Crippen LogP contribution in [0.1, 0.15) is 30.0 Å². The van der Waals surface area contributed by atoms with Crippen molar-refractivity contribution >= 4 is 15.9 Å². The van der Waals surface area contributed by atoms with Gasteiger partial charge in [-0.25, -0.2) is 0 Å². The second-order valence-corrected chi connectivity index (χ2v) is 6.71. The van der Waals surface area contributed by atoms with Gasteiger partial charge >= 0.3 is 0 Å². The number of hydrogen-bond donors (Lipinski definition) is 2. The first-order chi connectivity index (χ1) is 12.1. The number of hydrogen-bond acceptors (Lipinski definition) is 4. The van der Waals surface area contributed by atoms with Crippen LogP contribution >= 0.6 is 15.9 Å². The molecule has 0 aliphatic carbocycles. The van der Waals surface area contributed by atoms with E-state index in [9.17, 15) is 0 Å². The molecule has 2 N–H and O–H groups in total. The zero-order chi connectivity index (χ0) is 18.1. The Balaban J connectivity index is 2.07. The Labute approximate surface area is 158 Å². The van der Waals surface area contributed by atoms with E-state index in [-0.39, 0.29) is 6.61 Å². The number of nitrogens with one attached hydrogen (secondary N) is 1. The molecule has 4 nitrogen and oxygen atoms in total. The Kier molecular flexibility index (Phi) is 8.25. The summed E-state index contributed by atoms with van der Waals surface area (Å²) in [5.74, 6) is 1.48.